The molecule has 6 nitrogen and oxygen atoms in total. The van der Waals surface area contributed by atoms with Crippen LogP contribution in [-0.4, -0.2) is 30.8 Å². The van der Waals surface area contributed by atoms with E-state index in [9.17, 15) is 9.90 Å². The van der Waals surface area contributed by atoms with Crippen molar-refractivity contribution in [3.8, 4) is 5.82 Å². The summed E-state index contributed by atoms with van der Waals surface area (Å²) in [5.41, 5.74) is 3.62. The number of aromatic carboxylic acids is 1. The Morgan fingerprint density at radius 3 is 2.75 bits per heavy atom. The number of aromatic nitrogens is 4. The summed E-state index contributed by atoms with van der Waals surface area (Å²) in [6.45, 7) is 3.53. The molecule has 0 saturated heterocycles. The van der Waals surface area contributed by atoms with E-state index in [2.05, 4.69) is 15.2 Å². The Kier molecular flexibility index (Phi) is 3.00. The summed E-state index contributed by atoms with van der Waals surface area (Å²) in [7, 11) is 0. The number of carboxylic acid groups (broad SMARTS) is 1. The molecule has 1 aliphatic carbocycles. The summed E-state index contributed by atoms with van der Waals surface area (Å²) >= 11 is 0. The Labute approximate surface area is 116 Å². The molecule has 2 heterocycles. The van der Waals surface area contributed by atoms with Gasteiger partial charge in [-0.3, -0.25) is 4.57 Å². The second kappa shape index (κ2) is 4.70. The maximum Gasteiger partial charge on any atom is 0.339 e. The van der Waals surface area contributed by atoms with Crippen molar-refractivity contribution in [1.82, 2.24) is 19.7 Å². The van der Waals surface area contributed by atoms with Gasteiger partial charge in [-0.25, -0.2) is 9.78 Å². The van der Waals surface area contributed by atoms with E-state index >= 15 is 0 Å². The van der Waals surface area contributed by atoms with Crippen LogP contribution >= 0.6 is 0 Å². The third-order valence-corrected chi connectivity index (χ3v) is 3.91. The molecule has 20 heavy (non-hydrogen) atoms. The number of imidazole rings is 1. The maximum atomic E-state index is 11.6. The lowest BCUT2D eigenvalue weighted by atomic mass is 10.0. The molecule has 0 aliphatic heterocycles. The maximum absolute atomic E-state index is 11.6. The lowest BCUT2D eigenvalue weighted by Crippen LogP contribution is -2.15. The van der Waals surface area contributed by atoms with Gasteiger partial charge in [-0.15, -0.1) is 5.10 Å². The van der Waals surface area contributed by atoms with Crippen LogP contribution in [0.3, 0.4) is 0 Å². The average molecular weight is 272 g/mol. The zero-order valence-corrected chi connectivity index (χ0v) is 11.6. The third-order valence-electron chi connectivity index (χ3n) is 3.91. The SMILES string of the molecule is Cc1nnc(-n2cnc3c2CCCC3)c(C(=O)O)c1C. The first-order chi connectivity index (χ1) is 9.59. The Hall–Kier alpha value is -2.24. The average Bonchev–Trinajstić information content (AvgIpc) is 2.85. The van der Waals surface area contributed by atoms with Crippen molar-refractivity contribution in [3.63, 3.8) is 0 Å². The number of hydrogen-bond donors (Lipinski definition) is 1. The van der Waals surface area contributed by atoms with Crippen LogP contribution in [0.25, 0.3) is 5.82 Å². The molecule has 3 rings (SSSR count). The Morgan fingerprint density at radius 2 is 2.00 bits per heavy atom. The van der Waals surface area contributed by atoms with Gasteiger partial charge in [0.05, 0.1) is 11.4 Å². The van der Waals surface area contributed by atoms with E-state index in [1.54, 1.807) is 24.7 Å². The second-order valence-corrected chi connectivity index (χ2v) is 5.13. The highest BCUT2D eigenvalue weighted by molar-refractivity contribution is 5.93. The van der Waals surface area contributed by atoms with E-state index in [1.807, 2.05) is 0 Å². The molecule has 6 heteroatoms. The minimum absolute atomic E-state index is 0.211. The quantitative estimate of drug-likeness (QED) is 0.902. The standard InChI is InChI=1S/C14H16N4O2/c1-8-9(2)16-17-13(12(8)14(19)20)18-7-15-10-5-3-4-6-11(10)18/h7H,3-6H2,1-2H3,(H,19,20). The number of fused-ring (bicyclic) bond motifs is 1. The summed E-state index contributed by atoms with van der Waals surface area (Å²) < 4.78 is 1.79. The van der Waals surface area contributed by atoms with Gasteiger partial charge in [0.25, 0.3) is 0 Å². The first-order valence-corrected chi connectivity index (χ1v) is 6.72. The molecule has 0 unspecified atom stereocenters. The van der Waals surface area contributed by atoms with E-state index in [1.165, 1.54) is 0 Å². The molecule has 104 valence electrons. The van der Waals surface area contributed by atoms with Gasteiger partial charge in [-0.2, -0.15) is 5.10 Å². The highest BCUT2D eigenvalue weighted by Crippen LogP contribution is 2.25. The van der Waals surface area contributed by atoms with Gasteiger partial charge >= 0.3 is 5.97 Å². The number of carbonyl (C=O) groups is 1. The van der Waals surface area contributed by atoms with Crippen LogP contribution in [0.2, 0.25) is 0 Å². The first kappa shape index (κ1) is 12.8. The van der Waals surface area contributed by atoms with Gasteiger partial charge < -0.3 is 5.11 Å². The first-order valence-electron chi connectivity index (χ1n) is 6.72. The molecule has 0 atom stereocenters. The van der Waals surface area contributed by atoms with E-state index in [-0.39, 0.29) is 5.56 Å². The van der Waals surface area contributed by atoms with Crippen LogP contribution in [0.4, 0.5) is 0 Å². The fourth-order valence-corrected chi connectivity index (χ4v) is 2.67. The van der Waals surface area contributed by atoms with Crippen molar-refractivity contribution in [2.45, 2.75) is 39.5 Å². The van der Waals surface area contributed by atoms with Crippen LogP contribution in [0.1, 0.15) is 45.8 Å². The molecule has 1 N–H and O–H groups in total. The van der Waals surface area contributed by atoms with Crippen molar-refractivity contribution < 1.29 is 9.90 Å². The molecule has 0 aromatic carbocycles. The lowest BCUT2D eigenvalue weighted by Gasteiger charge is -2.15. The van der Waals surface area contributed by atoms with Crippen molar-refractivity contribution in [2.75, 3.05) is 0 Å². The summed E-state index contributed by atoms with van der Waals surface area (Å²) in [6, 6.07) is 0. The lowest BCUT2D eigenvalue weighted by molar-refractivity contribution is 0.0695. The molecule has 0 radical (unpaired) electrons. The van der Waals surface area contributed by atoms with Crippen LogP contribution in [0, 0.1) is 13.8 Å². The molecule has 0 fully saturated rings. The Morgan fingerprint density at radius 1 is 1.25 bits per heavy atom. The zero-order valence-electron chi connectivity index (χ0n) is 11.6. The van der Waals surface area contributed by atoms with Crippen LogP contribution in [0.5, 0.6) is 0 Å². The summed E-state index contributed by atoms with van der Waals surface area (Å²) in [4.78, 5) is 15.9. The number of hydrogen-bond acceptors (Lipinski definition) is 4. The van der Waals surface area contributed by atoms with Crippen LogP contribution in [-0.2, 0) is 12.8 Å². The summed E-state index contributed by atoms with van der Waals surface area (Å²) in [5, 5.41) is 17.6. The topological polar surface area (TPSA) is 80.9 Å². The molecular formula is C14H16N4O2. The van der Waals surface area contributed by atoms with Crippen molar-refractivity contribution in [1.29, 1.82) is 0 Å². The van der Waals surface area contributed by atoms with E-state index in [0.717, 1.165) is 37.1 Å². The normalized spacial score (nSPS) is 14.1. The zero-order chi connectivity index (χ0) is 14.3. The number of rotatable bonds is 2. The molecule has 0 spiro atoms. The van der Waals surface area contributed by atoms with Gasteiger partial charge in [0.2, 0.25) is 0 Å². The van der Waals surface area contributed by atoms with E-state index in [4.69, 9.17) is 0 Å². The molecule has 2 aromatic heterocycles. The summed E-state index contributed by atoms with van der Waals surface area (Å²) in [6.07, 6.45) is 5.75. The van der Waals surface area contributed by atoms with E-state index in [0.29, 0.717) is 17.1 Å². The monoisotopic (exact) mass is 272 g/mol. The Balaban J connectivity index is 2.22. The van der Waals surface area contributed by atoms with Gasteiger partial charge in [0.15, 0.2) is 5.82 Å². The predicted molar refractivity (Wildman–Crippen MR) is 72.2 cm³/mol. The highest BCUT2D eigenvalue weighted by Gasteiger charge is 2.23. The molecule has 0 amide bonds. The van der Waals surface area contributed by atoms with Gasteiger partial charge in [-0.1, -0.05) is 0 Å². The van der Waals surface area contributed by atoms with Gasteiger partial charge in [0.1, 0.15) is 11.9 Å². The van der Waals surface area contributed by atoms with E-state index < -0.39 is 5.97 Å². The molecule has 2 aromatic rings. The smallest absolute Gasteiger partial charge is 0.339 e. The number of nitrogens with zero attached hydrogens (tertiary/aromatic N) is 4. The van der Waals surface area contributed by atoms with Crippen LogP contribution < -0.4 is 0 Å². The minimum atomic E-state index is -0.978. The molecule has 0 saturated carbocycles. The molecule has 0 bridgehead atoms. The second-order valence-electron chi connectivity index (χ2n) is 5.13. The predicted octanol–water partition coefficient (Wildman–Crippen LogP) is 1.86. The Bertz CT molecular complexity index is 691. The highest BCUT2D eigenvalue weighted by atomic mass is 16.4. The van der Waals surface area contributed by atoms with Crippen molar-refractivity contribution in [3.05, 3.63) is 34.5 Å². The van der Waals surface area contributed by atoms with Gasteiger partial charge in [0, 0.05) is 5.69 Å². The number of aryl methyl sites for hydroxylation is 2. The summed E-state index contributed by atoms with van der Waals surface area (Å²) in [5.74, 6) is -0.606. The third kappa shape index (κ3) is 1.88. The fraction of sp³-hybridized carbons (Fsp3) is 0.429. The van der Waals surface area contributed by atoms with Crippen LogP contribution in [0.15, 0.2) is 6.33 Å². The van der Waals surface area contributed by atoms with Gasteiger partial charge in [-0.05, 0) is 45.1 Å². The largest absolute Gasteiger partial charge is 0.478 e. The van der Waals surface area contributed by atoms with Crippen molar-refractivity contribution >= 4 is 5.97 Å². The molecular weight excluding hydrogens is 256 g/mol. The number of carboxylic acids is 1. The minimum Gasteiger partial charge on any atom is -0.478 e. The molecule has 1 aliphatic rings. The van der Waals surface area contributed by atoms with Crippen molar-refractivity contribution in [2.24, 2.45) is 0 Å². The fourth-order valence-electron chi connectivity index (χ4n) is 2.67.